The quantitative estimate of drug-likeness (QED) is 0.475. The molecule has 0 spiro atoms. The molecule has 1 unspecified atom stereocenters. The number of carbonyl (C=O) groups is 1. The molecular weight excluding hydrogens is 411 g/mol. The number of carbonyl (C=O) groups excluding carboxylic acids is 1. The summed E-state index contributed by atoms with van der Waals surface area (Å²) in [5.41, 5.74) is 3.51. The molecule has 0 aliphatic carbocycles. The van der Waals surface area contributed by atoms with Gasteiger partial charge in [0.05, 0.1) is 12.3 Å². The number of H-pyrrole nitrogens is 1. The van der Waals surface area contributed by atoms with Crippen LogP contribution in [0.15, 0.2) is 36.7 Å². The Hall–Kier alpha value is -3.23. The van der Waals surface area contributed by atoms with E-state index in [9.17, 15) is 9.18 Å². The van der Waals surface area contributed by atoms with E-state index >= 15 is 0 Å². The number of nitrogens with one attached hydrogen (secondary N) is 1. The number of hydrogen-bond acceptors (Lipinski definition) is 5. The predicted molar refractivity (Wildman–Crippen MR) is 121 cm³/mol. The first-order chi connectivity index (χ1) is 15.4. The zero-order chi connectivity index (χ0) is 22.8. The van der Waals surface area contributed by atoms with Crippen LogP contribution in [0.5, 0.6) is 11.5 Å². The average molecular weight is 439 g/mol. The topological polar surface area (TPSA) is 71.9 Å². The highest BCUT2D eigenvalue weighted by atomic mass is 19.1. The van der Waals surface area contributed by atoms with E-state index < -0.39 is 5.82 Å². The van der Waals surface area contributed by atoms with Gasteiger partial charge in [0.2, 0.25) is 0 Å². The van der Waals surface area contributed by atoms with E-state index in [1.54, 1.807) is 48.3 Å². The monoisotopic (exact) mass is 438 g/mol. The number of benzene rings is 1. The van der Waals surface area contributed by atoms with Crippen LogP contribution in [-0.2, 0) is 4.74 Å². The van der Waals surface area contributed by atoms with Gasteiger partial charge in [0.15, 0.2) is 23.6 Å². The first-order valence-electron chi connectivity index (χ1n) is 10.5. The number of aromatic nitrogens is 3. The van der Waals surface area contributed by atoms with Crippen molar-refractivity contribution in [3.8, 4) is 11.5 Å². The number of aromatic amines is 1. The summed E-state index contributed by atoms with van der Waals surface area (Å²) in [6, 6.07) is 6.76. The first kappa shape index (κ1) is 22.0. The van der Waals surface area contributed by atoms with E-state index in [0.717, 1.165) is 29.6 Å². The highest BCUT2D eigenvalue weighted by molar-refractivity contribution is 5.85. The molecule has 1 aliphatic heterocycles. The van der Waals surface area contributed by atoms with Crippen molar-refractivity contribution < 1.29 is 18.7 Å². The van der Waals surface area contributed by atoms with Crippen molar-refractivity contribution in [3.63, 3.8) is 0 Å². The lowest BCUT2D eigenvalue weighted by Crippen LogP contribution is -2.17. The number of aryl methyl sites for hydroxylation is 2. The summed E-state index contributed by atoms with van der Waals surface area (Å²) in [7, 11) is 3.91. The van der Waals surface area contributed by atoms with Gasteiger partial charge in [-0.25, -0.2) is 8.91 Å². The Morgan fingerprint density at radius 3 is 2.72 bits per heavy atom. The molecule has 5 rings (SSSR count). The number of ether oxygens (including phenoxy) is 2. The Morgan fingerprint density at radius 2 is 2.06 bits per heavy atom. The minimum Gasteiger partial charge on any atom is -0.452 e. The molecule has 0 bridgehead atoms. The standard InChI is InChI=1S/C18H14FN3O2.C6H13NO/c1-10-7-13-14(21-10)3-4-15(17(13)19)24-16-5-6-20-22-8-12(9-23)11(2)18(16)22;1-7-4-3-6(5-7)8-2/h3-9,21H,1-2H3;6H,3-5H2,1-2H3. The number of fused-ring (bicyclic) bond motifs is 2. The van der Waals surface area contributed by atoms with E-state index in [4.69, 9.17) is 9.47 Å². The third kappa shape index (κ3) is 4.24. The Balaban J connectivity index is 0.000000260. The predicted octanol–water partition coefficient (Wildman–Crippen LogP) is 4.51. The number of nitrogens with zero attached hydrogens (tertiary/aromatic N) is 3. The van der Waals surface area contributed by atoms with Gasteiger partial charge >= 0.3 is 0 Å². The number of likely N-dealkylation sites (N-methyl/N-ethyl adjacent to an activating group) is 1. The van der Waals surface area contributed by atoms with Crippen LogP contribution in [0, 0.1) is 19.7 Å². The van der Waals surface area contributed by atoms with Crippen LogP contribution in [0.3, 0.4) is 0 Å². The smallest absolute Gasteiger partial charge is 0.175 e. The molecule has 0 radical (unpaired) electrons. The Kier molecular flexibility index (Phi) is 6.25. The molecule has 1 saturated heterocycles. The minimum atomic E-state index is -0.424. The van der Waals surface area contributed by atoms with Gasteiger partial charge in [0.25, 0.3) is 0 Å². The molecule has 1 fully saturated rings. The normalized spacial score (nSPS) is 16.3. The van der Waals surface area contributed by atoms with Crippen molar-refractivity contribution in [1.29, 1.82) is 0 Å². The van der Waals surface area contributed by atoms with Crippen molar-refractivity contribution >= 4 is 22.7 Å². The van der Waals surface area contributed by atoms with Gasteiger partial charge in [0.1, 0.15) is 5.52 Å². The number of aldehydes is 1. The maximum Gasteiger partial charge on any atom is 0.175 e. The molecule has 1 aromatic carbocycles. The minimum absolute atomic E-state index is 0.128. The van der Waals surface area contributed by atoms with Crippen LogP contribution in [0.25, 0.3) is 16.4 Å². The molecule has 7 nitrogen and oxygen atoms in total. The van der Waals surface area contributed by atoms with Crippen LogP contribution in [0.2, 0.25) is 0 Å². The van der Waals surface area contributed by atoms with Gasteiger partial charge in [0, 0.05) is 54.6 Å². The lowest BCUT2D eigenvalue weighted by Gasteiger charge is -2.09. The second kappa shape index (κ2) is 9.10. The van der Waals surface area contributed by atoms with Gasteiger partial charge in [-0.15, -0.1) is 0 Å². The lowest BCUT2D eigenvalue weighted by molar-refractivity contribution is 0.111. The molecule has 32 heavy (non-hydrogen) atoms. The molecule has 4 aromatic rings. The van der Waals surface area contributed by atoms with E-state index in [2.05, 4.69) is 22.0 Å². The Morgan fingerprint density at radius 1 is 1.25 bits per heavy atom. The molecular formula is C24H27FN4O3. The van der Waals surface area contributed by atoms with Gasteiger partial charge in [-0.2, -0.15) is 5.10 Å². The van der Waals surface area contributed by atoms with Crippen molar-refractivity contribution in [2.75, 3.05) is 27.2 Å². The first-order valence-corrected chi connectivity index (χ1v) is 10.5. The summed E-state index contributed by atoms with van der Waals surface area (Å²) >= 11 is 0. The molecule has 168 valence electrons. The van der Waals surface area contributed by atoms with Crippen molar-refractivity contribution in [2.45, 2.75) is 26.4 Å². The largest absolute Gasteiger partial charge is 0.452 e. The van der Waals surface area contributed by atoms with Crippen LogP contribution >= 0.6 is 0 Å². The third-order valence-electron chi connectivity index (χ3n) is 5.79. The van der Waals surface area contributed by atoms with Gasteiger partial charge in [-0.3, -0.25) is 4.79 Å². The molecule has 3 aromatic heterocycles. The number of methoxy groups -OCH3 is 1. The second-order valence-corrected chi connectivity index (χ2v) is 8.12. The summed E-state index contributed by atoms with van der Waals surface area (Å²) in [6.45, 7) is 5.98. The maximum atomic E-state index is 14.7. The van der Waals surface area contributed by atoms with Gasteiger partial charge in [-0.05, 0) is 51.1 Å². The van der Waals surface area contributed by atoms with Crippen LogP contribution < -0.4 is 4.74 Å². The van der Waals surface area contributed by atoms with E-state index in [-0.39, 0.29) is 5.75 Å². The summed E-state index contributed by atoms with van der Waals surface area (Å²) in [5, 5.41) is 4.65. The maximum absolute atomic E-state index is 14.7. The van der Waals surface area contributed by atoms with Crippen LogP contribution in [0.4, 0.5) is 4.39 Å². The van der Waals surface area contributed by atoms with Gasteiger partial charge < -0.3 is 19.4 Å². The number of hydrogen-bond donors (Lipinski definition) is 1. The Bertz CT molecular complexity index is 1260. The van der Waals surface area contributed by atoms with Crippen molar-refractivity contribution in [1.82, 2.24) is 19.5 Å². The average Bonchev–Trinajstić information content (AvgIpc) is 3.47. The summed E-state index contributed by atoms with van der Waals surface area (Å²) in [4.78, 5) is 16.5. The van der Waals surface area contributed by atoms with Crippen LogP contribution in [-0.4, -0.2) is 59.1 Å². The molecule has 4 heterocycles. The molecule has 0 amide bonds. The number of halogens is 1. The highest BCUT2D eigenvalue weighted by Gasteiger charge is 2.18. The molecule has 0 saturated carbocycles. The van der Waals surface area contributed by atoms with E-state index in [1.165, 1.54) is 13.0 Å². The lowest BCUT2D eigenvalue weighted by atomic mass is 10.2. The number of rotatable bonds is 4. The summed E-state index contributed by atoms with van der Waals surface area (Å²) in [6.07, 6.45) is 5.64. The molecule has 1 N–H and O–H groups in total. The second-order valence-electron chi connectivity index (χ2n) is 8.12. The third-order valence-corrected chi connectivity index (χ3v) is 5.79. The van der Waals surface area contributed by atoms with Gasteiger partial charge in [-0.1, -0.05) is 0 Å². The molecule has 1 aliphatic rings. The van der Waals surface area contributed by atoms with E-state index in [1.807, 2.05) is 13.8 Å². The van der Waals surface area contributed by atoms with E-state index in [0.29, 0.717) is 28.3 Å². The highest BCUT2D eigenvalue weighted by Crippen LogP contribution is 2.33. The zero-order valence-electron chi connectivity index (χ0n) is 18.7. The number of likely N-dealkylation sites (tertiary alicyclic amines) is 1. The Labute approximate surface area is 185 Å². The van der Waals surface area contributed by atoms with Crippen molar-refractivity contribution in [3.05, 3.63) is 59.3 Å². The zero-order valence-corrected chi connectivity index (χ0v) is 18.7. The van der Waals surface area contributed by atoms with Crippen LogP contribution in [0.1, 0.15) is 28.0 Å². The molecule has 1 atom stereocenters. The summed E-state index contributed by atoms with van der Waals surface area (Å²) < 4.78 is 27.2. The fourth-order valence-corrected chi connectivity index (χ4v) is 4.02. The van der Waals surface area contributed by atoms with Crippen molar-refractivity contribution in [2.24, 2.45) is 0 Å². The SMILES string of the molecule is COC1CCN(C)C1.Cc1cc2c(F)c(Oc3ccnn4cc(C=O)c(C)c34)ccc2[nH]1. The fourth-order valence-electron chi connectivity index (χ4n) is 4.02. The summed E-state index contributed by atoms with van der Waals surface area (Å²) in [5.74, 6) is 0.149. The molecule has 8 heteroatoms. The fraction of sp³-hybridized carbons (Fsp3) is 0.333.